The maximum Gasteiger partial charge on any atom is 0.187 e. The predicted octanol–water partition coefficient (Wildman–Crippen LogP) is 5.17. The van der Waals surface area contributed by atoms with E-state index < -0.39 is 0 Å². The van der Waals surface area contributed by atoms with Crippen molar-refractivity contribution in [3.05, 3.63) is 58.7 Å². The number of anilines is 2. The summed E-state index contributed by atoms with van der Waals surface area (Å²) in [4.78, 5) is 9.29. The zero-order valence-corrected chi connectivity index (χ0v) is 15.2. The SMILES string of the molecule is COc1cccc(Nc2nc(-c3c(C)nc4ccc(Cl)cn34)cs2)c1. The molecule has 0 saturated heterocycles. The molecule has 0 fully saturated rings. The van der Waals surface area contributed by atoms with Crippen LogP contribution in [0.1, 0.15) is 5.69 Å². The molecule has 5 nitrogen and oxygen atoms in total. The normalized spacial score (nSPS) is 11.0. The van der Waals surface area contributed by atoms with Crippen molar-refractivity contribution in [1.29, 1.82) is 0 Å². The van der Waals surface area contributed by atoms with Gasteiger partial charge in [0.15, 0.2) is 5.13 Å². The molecular formula is C18H15ClN4OS. The van der Waals surface area contributed by atoms with Gasteiger partial charge in [0.25, 0.3) is 0 Å². The van der Waals surface area contributed by atoms with Gasteiger partial charge in [0.2, 0.25) is 0 Å². The Hall–Kier alpha value is -2.57. The number of nitrogens with one attached hydrogen (secondary N) is 1. The molecule has 0 aliphatic rings. The van der Waals surface area contributed by atoms with Gasteiger partial charge in [-0.2, -0.15) is 0 Å². The number of pyridine rings is 1. The average molecular weight is 371 g/mol. The molecule has 4 rings (SSSR count). The molecule has 0 radical (unpaired) electrons. The molecule has 126 valence electrons. The van der Waals surface area contributed by atoms with Crippen LogP contribution in [0.5, 0.6) is 5.75 Å². The van der Waals surface area contributed by atoms with E-state index in [1.807, 2.05) is 59.3 Å². The Morgan fingerprint density at radius 3 is 2.92 bits per heavy atom. The molecule has 3 heterocycles. The number of nitrogens with zero attached hydrogens (tertiary/aromatic N) is 3. The van der Waals surface area contributed by atoms with Gasteiger partial charge in [-0.1, -0.05) is 17.7 Å². The van der Waals surface area contributed by atoms with Crippen LogP contribution in [-0.2, 0) is 0 Å². The van der Waals surface area contributed by atoms with E-state index in [-0.39, 0.29) is 0 Å². The van der Waals surface area contributed by atoms with Crippen LogP contribution in [0.4, 0.5) is 10.8 Å². The number of ether oxygens (including phenoxy) is 1. The van der Waals surface area contributed by atoms with Crippen LogP contribution in [0, 0.1) is 6.92 Å². The summed E-state index contributed by atoms with van der Waals surface area (Å²) < 4.78 is 7.22. The molecule has 0 bridgehead atoms. The van der Waals surface area contributed by atoms with Gasteiger partial charge in [-0.15, -0.1) is 11.3 Å². The number of benzene rings is 1. The molecule has 0 aliphatic carbocycles. The molecule has 3 aromatic heterocycles. The monoisotopic (exact) mass is 370 g/mol. The summed E-state index contributed by atoms with van der Waals surface area (Å²) in [5.74, 6) is 0.800. The van der Waals surface area contributed by atoms with Crippen molar-refractivity contribution in [2.24, 2.45) is 0 Å². The summed E-state index contributed by atoms with van der Waals surface area (Å²) >= 11 is 7.68. The van der Waals surface area contributed by atoms with Crippen LogP contribution in [0.25, 0.3) is 17.0 Å². The number of imidazole rings is 1. The topological polar surface area (TPSA) is 51.5 Å². The van der Waals surface area contributed by atoms with E-state index in [2.05, 4.69) is 10.3 Å². The maximum absolute atomic E-state index is 6.14. The van der Waals surface area contributed by atoms with Gasteiger partial charge in [0, 0.05) is 23.3 Å². The minimum atomic E-state index is 0.663. The third-order valence-corrected chi connectivity index (χ3v) is 4.81. The van der Waals surface area contributed by atoms with E-state index in [0.29, 0.717) is 5.02 Å². The van der Waals surface area contributed by atoms with Gasteiger partial charge in [-0.25, -0.2) is 9.97 Å². The maximum atomic E-state index is 6.14. The van der Waals surface area contributed by atoms with Gasteiger partial charge in [0.05, 0.1) is 23.5 Å². The van der Waals surface area contributed by atoms with Crippen LogP contribution in [0.3, 0.4) is 0 Å². The summed E-state index contributed by atoms with van der Waals surface area (Å²) in [7, 11) is 1.65. The van der Waals surface area contributed by atoms with Crippen LogP contribution in [0.2, 0.25) is 5.02 Å². The van der Waals surface area contributed by atoms with Gasteiger partial charge in [0.1, 0.15) is 17.1 Å². The lowest BCUT2D eigenvalue weighted by Gasteiger charge is -2.05. The van der Waals surface area contributed by atoms with Crippen molar-refractivity contribution in [2.45, 2.75) is 6.92 Å². The number of hydrogen-bond donors (Lipinski definition) is 1. The molecule has 0 aliphatic heterocycles. The third-order valence-electron chi connectivity index (χ3n) is 3.82. The Labute approximate surface area is 153 Å². The van der Waals surface area contributed by atoms with Crippen molar-refractivity contribution in [3.8, 4) is 17.1 Å². The van der Waals surface area contributed by atoms with Gasteiger partial charge in [-0.3, -0.25) is 4.40 Å². The summed E-state index contributed by atoms with van der Waals surface area (Å²) in [5, 5.41) is 6.79. The first-order valence-corrected chi connectivity index (χ1v) is 8.91. The second-order valence-electron chi connectivity index (χ2n) is 5.52. The first-order valence-electron chi connectivity index (χ1n) is 7.65. The summed E-state index contributed by atoms with van der Waals surface area (Å²) in [5.41, 5.74) is 4.51. The Morgan fingerprint density at radius 2 is 2.08 bits per heavy atom. The second-order valence-corrected chi connectivity index (χ2v) is 6.81. The number of rotatable bonds is 4. The van der Waals surface area contributed by atoms with Gasteiger partial charge < -0.3 is 10.1 Å². The highest BCUT2D eigenvalue weighted by atomic mass is 35.5. The Kier molecular flexibility index (Phi) is 4.07. The van der Waals surface area contributed by atoms with Crippen molar-refractivity contribution < 1.29 is 4.74 Å². The number of aryl methyl sites for hydroxylation is 1. The number of aromatic nitrogens is 3. The number of halogens is 1. The smallest absolute Gasteiger partial charge is 0.187 e. The zero-order valence-electron chi connectivity index (χ0n) is 13.7. The van der Waals surface area contributed by atoms with Crippen molar-refractivity contribution in [3.63, 3.8) is 0 Å². The highest BCUT2D eigenvalue weighted by Crippen LogP contribution is 2.31. The third kappa shape index (κ3) is 3.06. The number of thiazole rings is 1. The highest BCUT2D eigenvalue weighted by molar-refractivity contribution is 7.14. The molecule has 0 spiro atoms. The quantitative estimate of drug-likeness (QED) is 0.538. The summed E-state index contributed by atoms with van der Waals surface area (Å²) in [6, 6.07) is 11.5. The highest BCUT2D eigenvalue weighted by Gasteiger charge is 2.14. The van der Waals surface area contributed by atoms with E-state index in [1.54, 1.807) is 18.4 Å². The fourth-order valence-electron chi connectivity index (χ4n) is 2.71. The molecule has 4 aromatic rings. The Balaban J connectivity index is 1.69. The lowest BCUT2D eigenvalue weighted by atomic mass is 10.3. The van der Waals surface area contributed by atoms with E-state index in [4.69, 9.17) is 21.3 Å². The van der Waals surface area contributed by atoms with E-state index in [9.17, 15) is 0 Å². The number of hydrogen-bond acceptors (Lipinski definition) is 5. The molecule has 0 amide bonds. The Morgan fingerprint density at radius 1 is 1.20 bits per heavy atom. The molecule has 0 atom stereocenters. The molecule has 7 heteroatoms. The summed E-state index contributed by atoms with van der Waals surface area (Å²) in [6.07, 6.45) is 1.86. The van der Waals surface area contributed by atoms with Gasteiger partial charge in [-0.05, 0) is 31.2 Å². The lowest BCUT2D eigenvalue weighted by Crippen LogP contribution is -1.92. The number of fused-ring (bicyclic) bond motifs is 1. The van der Waals surface area contributed by atoms with Crippen LogP contribution in [-0.4, -0.2) is 21.5 Å². The van der Waals surface area contributed by atoms with E-state index in [1.165, 1.54) is 0 Å². The minimum absolute atomic E-state index is 0.663. The van der Waals surface area contributed by atoms with Gasteiger partial charge >= 0.3 is 0 Å². The molecular weight excluding hydrogens is 356 g/mol. The average Bonchev–Trinajstić information content (AvgIpc) is 3.18. The molecule has 0 saturated carbocycles. The molecule has 1 N–H and O–H groups in total. The van der Waals surface area contributed by atoms with E-state index >= 15 is 0 Å². The van der Waals surface area contributed by atoms with Crippen molar-refractivity contribution >= 4 is 39.4 Å². The minimum Gasteiger partial charge on any atom is -0.497 e. The molecule has 25 heavy (non-hydrogen) atoms. The van der Waals surface area contributed by atoms with Crippen LogP contribution in [0.15, 0.2) is 48.0 Å². The van der Waals surface area contributed by atoms with Crippen molar-refractivity contribution in [1.82, 2.24) is 14.4 Å². The largest absolute Gasteiger partial charge is 0.497 e. The van der Waals surface area contributed by atoms with E-state index in [0.717, 1.165) is 39.3 Å². The predicted molar refractivity (Wildman–Crippen MR) is 102 cm³/mol. The second kappa shape index (κ2) is 6.38. The fraction of sp³-hybridized carbons (Fsp3) is 0.111. The van der Waals surface area contributed by atoms with Crippen LogP contribution >= 0.6 is 22.9 Å². The van der Waals surface area contributed by atoms with Crippen molar-refractivity contribution in [2.75, 3.05) is 12.4 Å². The summed E-state index contributed by atoms with van der Waals surface area (Å²) in [6.45, 7) is 1.98. The first kappa shape index (κ1) is 15.9. The molecule has 1 aromatic carbocycles. The zero-order chi connectivity index (χ0) is 17.4. The standard InChI is InChI=1S/C18H15ClN4OS/c1-11-17(23-9-12(19)6-7-16(23)20-11)15-10-25-18(22-15)21-13-4-3-5-14(8-13)24-2/h3-10H,1-2H3,(H,21,22). The lowest BCUT2D eigenvalue weighted by molar-refractivity contribution is 0.415. The molecule has 0 unspecified atom stereocenters. The van der Waals surface area contributed by atoms with Crippen LogP contribution < -0.4 is 10.1 Å². The Bertz CT molecular complexity index is 1060. The number of methoxy groups -OCH3 is 1. The first-order chi connectivity index (χ1) is 12.1. The fourth-order valence-corrected chi connectivity index (χ4v) is 3.59.